The van der Waals surface area contributed by atoms with Crippen LogP contribution in [0.1, 0.15) is 104 Å². The highest BCUT2D eigenvalue weighted by atomic mass is 127. The number of hydrogen-bond acceptors (Lipinski definition) is 11. The summed E-state index contributed by atoms with van der Waals surface area (Å²) in [4.78, 5) is 16.6. The van der Waals surface area contributed by atoms with Crippen LogP contribution in [0.3, 0.4) is 0 Å². The van der Waals surface area contributed by atoms with Crippen LogP contribution in [0.4, 0.5) is 17.6 Å². The molecule has 11 nitrogen and oxygen atoms in total. The van der Waals surface area contributed by atoms with E-state index < -0.39 is 81.8 Å². The SMILES string of the molecule is CC1(C)C(N)=N[C@](C)(c2cc(/C=C(\F)c3ccc(Cl)cn3)ccc2F)CS1(=O)=O.CC1=N[C@](C)(c2cc(B3OC(C)(C)C(C)(C)O3)ccc2F)CS(=O)(=O)C1(C)C.F/C(=C\I)c1ccc(Cl)cn1. The van der Waals surface area contributed by atoms with Crippen molar-refractivity contribution in [3.8, 4) is 0 Å². The summed E-state index contributed by atoms with van der Waals surface area (Å²) in [5.41, 5.74) is 4.30. The van der Waals surface area contributed by atoms with Crippen molar-refractivity contribution in [1.29, 1.82) is 0 Å². The molecule has 7 rings (SSSR count). The normalized spacial score (nSPS) is 24.4. The first-order chi connectivity index (χ1) is 31.1. The van der Waals surface area contributed by atoms with Gasteiger partial charge in [-0.15, -0.1) is 0 Å². The van der Waals surface area contributed by atoms with Crippen molar-refractivity contribution in [2.45, 2.75) is 108 Å². The molecule has 0 spiro atoms. The Morgan fingerprint density at radius 2 is 1.15 bits per heavy atom. The number of amidine groups is 1. The van der Waals surface area contributed by atoms with Gasteiger partial charge in [-0.2, -0.15) is 0 Å². The van der Waals surface area contributed by atoms with E-state index in [2.05, 4.69) is 20.0 Å². The summed E-state index contributed by atoms with van der Waals surface area (Å²) < 4.78 is 119. The second-order valence-corrected chi connectivity index (χ2v) is 25.6. The number of benzene rings is 2. The largest absolute Gasteiger partial charge is 0.494 e. The highest BCUT2D eigenvalue weighted by Gasteiger charge is 2.53. The summed E-state index contributed by atoms with van der Waals surface area (Å²) in [7, 11) is -7.87. The Kier molecular flexibility index (Phi) is 16.1. The molecule has 0 unspecified atom stereocenters. The predicted octanol–water partition coefficient (Wildman–Crippen LogP) is 10.6. The van der Waals surface area contributed by atoms with E-state index in [-0.39, 0.29) is 34.2 Å². The quantitative estimate of drug-likeness (QED) is 0.112. The number of aliphatic imine (C=N–C) groups is 2. The molecule has 0 saturated carbocycles. The number of rotatable bonds is 6. The molecule has 3 aliphatic rings. The molecule has 0 amide bonds. The van der Waals surface area contributed by atoms with Crippen LogP contribution in [0.2, 0.25) is 10.0 Å². The second kappa shape index (κ2) is 19.8. The van der Waals surface area contributed by atoms with Gasteiger partial charge < -0.3 is 15.0 Å². The van der Waals surface area contributed by atoms with Gasteiger partial charge >= 0.3 is 7.12 Å². The molecule has 2 aromatic carbocycles. The first-order valence-electron chi connectivity index (χ1n) is 21.0. The van der Waals surface area contributed by atoms with Gasteiger partial charge in [0.05, 0.1) is 49.7 Å². The average Bonchev–Trinajstić information content (AvgIpc) is 3.46. The van der Waals surface area contributed by atoms with E-state index in [1.54, 1.807) is 45.9 Å². The molecule has 5 heterocycles. The Morgan fingerprint density at radius 3 is 1.60 bits per heavy atom. The van der Waals surface area contributed by atoms with Crippen molar-refractivity contribution < 1.29 is 43.7 Å². The van der Waals surface area contributed by atoms with Gasteiger partial charge in [-0.05, 0) is 158 Å². The minimum absolute atomic E-state index is 0.0186. The highest BCUT2D eigenvalue weighted by molar-refractivity contribution is 14.1. The lowest BCUT2D eigenvalue weighted by Gasteiger charge is -2.38. The molecular weight excluding hydrogens is 1080 g/mol. The summed E-state index contributed by atoms with van der Waals surface area (Å²) in [6.07, 6.45) is 3.90. The molecule has 68 heavy (non-hydrogen) atoms. The minimum atomic E-state index is -3.70. The molecule has 21 heteroatoms. The van der Waals surface area contributed by atoms with Gasteiger partial charge in [0.2, 0.25) is 0 Å². The van der Waals surface area contributed by atoms with Gasteiger partial charge in [-0.25, -0.2) is 34.4 Å². The molecule has 3 aliphatic heterocycles. The molecule has 2 aromatic heterocycles. The zero-order valence-corrected chi connectivity index (χ0v) is 44.7. The Bertz CT molecular complexity index is 2920. The maximum Gasteiger partial charge on any atom is 0.494 e. The fourth-order valence-corrected chi connectivity index (χ4v) is 11.2. The maximum absolute atomic E-state index is 14.8. The second-order valence-electron chi connectivity index (χ2n) is 19.0. The van der Waals surface area contributed by atoms with Crippen molar-refractivity contribution in [2.24, 2.45) is 15.7 Å². The Labute approximate surface area is 420 Å². The summed E-state index contributed by atoms with van der Waals surface area (Å²) in [6.45, 7) is 18.8. The summed E-state index contributed by atoms with van der Waals surface area (Å²) in [5.74, 6) is -2.90. The predicted molar refractivity (Wildman–Crippen MR) is 274 cm³/mol. The van der Waals surface area contributed by atoms with Crippen LogP contribution in [-0.2, 0) is 40.1 Å². The maximum atomic E-state index is 14.8. The van der Waals surface area contributed by atoms with Gasteiger partial charge in [-0.3, -0.25) is 20.0 Å². The molecule has 4 aromatic rings. The molecular formula is C47H53BCl2F4IN5O6S2. The van der Waals surface area contributed by atoms with E-state index in [1.807, 2.05) is 50.3 Å². The number of nitrogens with zero attached hydrogens (tertiary/aromatic N) is 4. The van der Waals surface area contributed by atoms with Crippen LogP contribution in [0.25, 0.3) is 17.7 Å². The summed E-state index contributed by atoms with van der Waals surface area (Å²) in [6, 6.07) is 14.5. The van der Waals surface area contributed by atoms with Crippen molar-refractivity contribution >= 4 is 107 Å². The molecule has 0 aliphatic carbocycles. The van der Waals surface area contributed by atoms with E-state index in [4.69, 9.17) is 38.2 Å². The first kappa shape index (κ1) is 55.2. The summed E-state index contributed by atoms with van der Waals surface area (Å²) >= 11 is 13.1. The van der Waals surface area contributed by atoms with Crippen LogP contribution >= 0.6 is 45.8 Å². The van der Waals surface area contributed by atoms with Gasteiger partial charge in [0.1, 0.15) is 38.3 Å². The average molecular weight is 1130 g/mol. The van der Waals surface area contributed by atoms with E-state index in [0.29, 0.717) is 32.5 Å². The molecule has 2 atom stereocenters. The van der Waals surface area contributed by atoms with Crippen LogP contribution in [0, 0.1) is 11.6 Å². The zero-order valence-electron chi connectivity index (χ0n) is 39.4. The minimum Gasteiger partial charge on any atom is -0.399 e. The smallest absolute Gasteiger partial charge is 0.399 e. The van der Waals surface area contributed by atoms with Crippen molar-refractivity contribution in [2.75, 3.05) is 11.5 Å². The number of nitrogens with two attached hydrogens (primary N) is 1. The van der Waals surface area contributed by atoms with Crippen LogP contribution in [0.15, 0.2) is 87.1 Å². The summed E-state index contributed by atoms with van der Waals surface area (Å²) in [5, 5.41) is 0.880. The third-order valence-electron chi connectivity index (χ3n) is 12.8. The van der Waals surface area contributed by atoms with Gasteiger partial charge in [-0.1, -0.05) is 41.4 Å². The Morgan fingerprint density at radius 1 is 0.691 bits per heavy atom. The van der Waals surface area contributed by atoms with Gasteiger partial charge in [0.25, 0.3) is 0 Å². The third-order valence-corrected chi connectivity index (χ3v) is 19.3. The van der Waals surface area contributed by atoms with E-state index in [9.17, 15) is 34.4 Å². The van der Waals surface area contributed by atoms with Crippen molar-refractivity contribution in [1.82, 2.24) is 9.97 Å². The number of pyridine rings is 2. The topological polar surface area (TPSA) is 163 Å². The standard InChI is InChI=1S/C20H29BFNO4S.C20H20ClF2N3O2S.C7H4ClFIN/c1-13-17(2,3)28(24,25)12-20(8,23-13)15-11-14(9-10-16(15)22)21-26-18(4,5)19(6,7)27-21;1-19(2)18(24)26-20(3,11-29(19,27)28)14-8-12(4-6-15(14)22)9-16(23)17-7-5-13(21)10-25-17;8-5-1-2-7(11-4-5)6(9)3-10/h9-11H,12H2,1-8H3;4-10H,11H2,1-3H3,(H2,24,26);1-4H/b;16-9-;6-3-/t2*20-;/m00./s1. The fraction of sp³-hybridized carbons (Fsp3) is 0.404. The Balaban J connectivity index is 0.000000209. The number of hydrogen-bond donors (Lipinski definition) is 1. The lowest BCUT2D eigenvalue weighted by atomic mass is 9.76. The molecule has 366 valence electrons. The Hall–Kier alpha value is -3.73. The van der Waals surface area contributed by atoms with Crippen LogP contribution in [-0.4, -0.2) is 77.7 Å². The molecule has 0 bridgehead atoms. The lowest BCUT2D eigenvalue weighted by Crippen LogP contribution is -2.55. The van der Waals surface area contributed by atoms with E-state index >= 15 is 0 Å². The first-order valence-corrected chi connectivity index (χ1v) is 26.3. The van der Waals surface area contributed by atoms with Crippen LogP contribution in [0.5, 0.6) is 0 Å². The zero-order chi connectivity index (χ0) is 51.2. The third kappa shape index (κ3) is 11.4. The number of sulfone groups is 2. The van der Waals surface area contributed by atoms with Gasteiger partial charge in [0.15, 0.2) is 25.5 Å². The van der Waals surface area contributed by atoms with Crippen molar-refractivity contribution in [3.05, 3.63) is 127 Å². The number of aromatic nitrogens is 2. The highest BCUT2D eigenvalue weighted by Crippen LogP contribution is 2.41. The molecule has 1 saturated heterocycles. The van der Waals surface area contributed by atoms with E-state index in [1.165, 1.54) is 79.7 Å². The van der Waals surface area contributed by atoms with Crippen LogP contribution < -0.4 is 11.2 Å². The monoisotopic (exact) mass is 1130 g/mol. The fourth-order valence-electron chi connectivity index (χ4n) is 7.17. The van der Waals surface area contributed by atoms with Gasteiger partial charge in [0, 0.05) is 33.3 Å². The van der Waals surface area contributed by atoms with Crippen molar-refractivity contribution in [3.63, 3.8) is 0 Å². The number of halogens is 7. The van der Waals surface area contributed by atoms with E-state index in [0.717, 1.165) is 6.07 Å². The molecule has 2 N–H and O–H groups in total. The molecule has 0 radical (unpaired) electrons. The molecule has 1 fully saturated rings. The lowest BCUT2D eigenvalue weighted by molar-refractivity contribution is 0.00578.